The first-order chi connectivity index (χ1) is 9.06. The fourth-order valence-corrected chi connectivity index (χ4v) is 2.82. The van der Waals surface area contributed by atoms with Crippen LogP contribution >= 0.6 is 0 Å². The largest absolute Gasteiger partial charge is 0.465 e. The van der Waals surface area contributed by atoms with Gasteiger partial charge in [-0.25, -0.2) is 0 Å². The molecule has 4 atom stereocenters. The van der Waals surface area contributed by atoms with Crippen molar-refractivity contribution in [1.82, 2.24) is 0 Å². The molecule has 1 saturated carbocycles. The molecular weight excluding hydrogens is 240 g/mol. The minimum Gasteiger partial charge on any atom is -0.465 e. The fraction of sp³-hybridized carbons (Fsp3) is 0.938. The topological polar surface area (TPSA) is 38.8 Å². The SMILES string of the molecule is CC(C)C(C)CCCC(=O)OCC1CCC2OC2C1. The number of hydrogen-bond donors (Lipinski definition) is 0. The Morgan fingerprint density at radius 1 is 1.26 bits per heavy atom. The summed E-state index contributed by atoms with van der Waals surface area (Å²) in [6.45, 7) is 7.33. The summed E-state index contributed by atoms with van der Waals surface area (Å²) < 4.78 is 10.9. The Labute approximate surface area is 117 Å². The van der Waals surface area contributed by atoms with E-state index in [9.17, 15) is 4.79 Å². The highest BCUT2D eigenvalue weighted by molar-refractivity contribution is 5.69. The number of hydrogen-bond acceptors (Lipinski definition) is 3. The molecule has 0 aromatic carbocycles. The van der Waals surface area contributed by atoms with E-state index in [1.165, 1.54) is 0 Å². The number of fused-ring (bicyclic) bond motifs is 1. The molecule has 0 spiro atoms. The van der Waals surface area contributed by atoms with Crippen LogP contribution in [0.5, 0.6) is 0 Å². The minimum absolute atomic E-state index is 0.0187. The lowest BCUT2D eigenvalue weighted by atomic mass is 9.90. The van der Waals surface area contributed by atoms with Crippen LogP contribution < -0.4 is 0 Å². The maximum absolute atomic E-state index is 11.7. The minimum atomic E-state index is -0.0187. The number of esters is 1. The van der Waals surface area contributed by atoms with E-state index < -0.39 is 0 Å². The van der Waals surface area contributed by atoms with Gasteiger partial charge in [-0.2, -0.15) is 0 Å². The number of epoxide rings is 1. The average Bonchev–Trinajstić information content (AvgIpc) is 3.14. The summed E-state index contributed by atoms with van der Waals surface area (Å²) in [5.41, 5.74) is 0. The van der Waals surface area contributed by atoms with Crippen molar-refractivity contribution in [3.05, 3.63) is 0 Å². The second-order valence-corrected chi connectivity index (χ2v) is 6.69. The Bertz CT molecular complexity index is 300. The Kier molecular flexibility index (Phi) is 5.26. The molecule has 0 amide bonds. The first kappa shape index (κ1) is 14.8. The zero-order chi connectivity index (χ0) is 13.8. The van der Waals surface area contributed by atoms with Crippen LogP contribution in [0.25, 0.3) is 0 Å². The van der Waals surface area contributed by atoms with E-state index in [1.807, 2.05) is 0 Å². The lowest BCUT2D eigenvalue weighted by Gasteiger charge is -2.19. The predicted octanol–water partition coefficient (Wildman–Crippen LogP) is 3.56. The Hall–Kier alpha value is -0.570. The number of rotatable bonds is 7. The molecule has 1 heterocycles. The van der Waals surface area contributed by atoms with Gasteiger partial charge in [-0.3, -0.25) is 4.79 Å². The summed E-state index contributed by atoms with van der Waals surface area (Å²) in [5.74, 6) is 1.90. The predicted molar refractivity (Wildman–Crippen MR) is 74.8 cm³/mol. The molecule has 1 aliphatic heterocycles. The van der Waals surface area contributed by atoms with E-state index in [4.69, 9.17) is 9.47 Å². The maximum atomic E-state index is 11.7. The summed E-state index contributed by atoms with van der Waals surface area (Å²) in [6, 6.07) is 0. The summed E-state index contributed by atoms with van der Waals surface area (Å²) in [6.07, 6.45) is 7.05. The van der Waals surface area contributed by atoms with Crippen molar-refractivity contribution in [2.45, 2.75) is 71.5 Å². The second-order valence-electron chi connectivity index (χ2n) is 6.69. The molecule has 2 fully saturated rings. The molecule has 0 aromatic rings. The second kappa shape index (κ2) is 6.74. The van der Waals surface area contributed by atoms with Gasteiger partial charge in [0.1, 0.15) is 0 Å². The molecule has 2 aliphatic rings. The molecule has 0 bridgehead atoms. The molecular formula is C16H28O3. The quantitative estimate of drug-likeness (QED) is 0.523. The van der Waals surface area contributed by atoms with Gasteiger partial charge in [-0.15, -0.1) is 0 Å². The van der Waals surface area contributed by atoms with Crippen molar-refractivity contribution in [3.8, 4) is 0 Å². The molecule has 0 N–H and O–H groups in total. The zero-order valence-electron chi connectivity index (χ0n) is 12.6. The van der Waals surface area contributed by atoms with Crippen molar-refractivity contribution in [3.63, 3.8) is 0 Å². The van der Waals surface area contributed by atoms with E-state index >= 15 is 0 Å². The fourth-order valence-electron chi connectivity index (χ4n) is 2.82. The highest BCUT2D eigenvalue weighted by Gasteiger charge is 2.43. The number of carbonyl (C=O) groups excluding carboxylic acids is 1. The molecule has 0 radical (unpaired) electrons. The Morgan fingerprint density at radius 2 is 2.05 bits per heavy atom. The zero-order valence-corrected chi connectivity index (χ0v) is 12.6. The maximum Gasteiger partial charge on any atom is 0.305 e. The van der Waals surface area contributed by atoms with E-state index in [-0.39, 0.29) is 5.97 Å². The molecule has 3 heteroatoms. The summed E-state index contributed by atoms with van der Waals surface area (Å²) >= 11 is 0. The third kappa shape index (κ3) is 4.79. The molecule has 110 valence electrons. The summed E-state index contributed by atoms with van der Waals surface area (Å²) in [7, 11) is 0. The summed E-state index contributed by atoms with van der Waals surface area (Å²) in [4.78, 5) is 11.7. The van der Waals surface area contributed by atoms with Crippen LogP contribution in [0.4, 0.5) is 0 Å². The smallest absolute Gasteiger partial charge is 0.305 e. The van der Waals surface area contributed by atoms with Crippen molar-refractivity contribution < 1.29 is 14.3 Å². The monoisotopic (exact) mass is 268 g/mol. The van der Waals surface area contributed by atoms with Crippen LogP contribution in [0.15, 0.2) is 0 Å². The third-order valence-corrected chi connectivity index (χ3v) is 4.77. The molecule has 19 heavy (non-hydrogen) atoms. The van der Waals surface area contributed by atoms with Crippen LogP contribution in [0.3, 0.4) is 0 Å². The molecule has 2 rings (SSSR count). The number of carbonyl (C=O) groups is 1. The van der Waals surface area contributed by atoms with Crippen LogP contribution in [0, 0.1) is 17.8 Å². The van der Waals surface area contributed by atoms with Crippen molar-refractivity contribution in [2.24, 2.45) is 17.8 Å². The molecule has 3 nitrogen and oxygen atoms in total. The Balaban J connectivity index is 1.52. The van der Waals surface area contributed by atoms with Crippen molar-refractivity contribution in [1.29, 1.82) is 0 Å². The van der Waals surface area contributed by atoms with Gasteiger partial charge < -0.3 is 9.47 Å². The molecule has 1 aliphatic carbocycles. The highest BCUT2D eigenvalue weighted by atomic mass is 16.6. The lowest BCUT2D eigenvalue weighted by Crippen LogP contribution is -2.20. The van der Waals surface area contributed by atoms with Gasteiger partial charge in [0.05, 0.1) is 18.8 Å². The molecule has 4 unspecified atom stereocenters. The first-order valence-electron chi connectivity index (χ1n) is 7.87. The van der Waals surface area contributed by atoms with E-state index in [2.05, 4.69) is 20.8 Å². The van der Waals surface area contributed by atoms with Gasteiger partial charge in [0.25, 0.3) is 0 Å². The van der Waals surface area contributed by atoms with Crippen LogP contribution in [-0.4, -0.2) is 24.8 Å². The normalized spacial score (nSPS) is 30.8. The van der Waals surface area contributed by atoms with Gasteiger partial charge in [0.2, 0.25) is 0 Å². The number of ether oxygens (including phenoxy) is 2. The van der Waals surface area contributed by atoms with E-state index in [0.29, 0.717) is 43.0 Å². The van der Waals surface area contributed by atoms with Crippen molar-refractivity contribution >= 4 is 5.97 Å². The standard InChI is InChI=1S/C16H28O3/c1-11(2)12(3)5-4-6-16(17)18-10-13-7-8-14-15(9-13)19-14/h11-15H,4-10H2,1-3H3. The summed E-state index contributed by atoms with van der Waals surface area (Å²) in [5, 5.41) is 0. The van der Waals surface area contributed by atoms with Crippen molar-refractivity contribution in [2.75, 3.05) is 6.61 Å². The highest BCUT2D eigenvalue weighted by Crippen LogP contribution is 2.39. The van der Waals surface area contributed by atoms with Crippen LogP contribution in [-0.2, 0) is 14.3 Å². The van der Waals surface area contributed by atoms with Crippen LogP contribution in [0.1, 0.15) is 59.3 Å². The molecule has 0 aromatic heterocycles. The van der Waals surface area contributed by atoms with Crippen LogP contribution in [0.2, 0.25) is 0 Å². The first-order valence-corrected chi connectivity index (χ1v) is 7.87. The lowest BCUT2D eigenvalue weighted by molar-refractivity contribution is -0.145. The van der Waals surface area contributed by atoms with E-state index in [0.717, 1.165) is 32.1 Å². The van der Waals surface area contributed by atoms with Gasteiger partial charge >= 0.3 is 5.97 Å². The molecule has 1 saturated heterocycles. The average molecular weight is 268 g/mol. The van der Waals surface area contributed by atoms with Gasteiger partial charge in [-0.1, -0.05) is 20.8 Å². The van der Waals surface area contributed by atoms with Gasteiger partial charge in [0.15, 0.2) is 0 Å². The van der Waals surface area contributed by atoms with Gasteiger partial charge in [0, 0.05) is 6.42 Å². The van der Waals surface area contributed by atoms with E-state index in [1.54, 1.807) is 0 Å². The Morgan fingerprint density at radius 3 is 2.74 bits per heavy atom. The van der Waals surface area contributed by atoms with Gasteiger partial charge in [-0.05, 0) is 49.9 Å². The third-order valence-electron chi connectivity index (χ3n) is 4.77.